The Morgan fingerprint density at radius 2 is 2.12 bits per heavy atom. The van der Waals surface area contributed by atoms with Crippen LogP contribution in [0.3, 0.4) is 0 Å². The van der Waals surface area contributed by atoms with E-state index < -0.39 is 12.0 Å². The highest BCUT2D eigenvalue weighted by Gasteiger charge is 2.30. The Hall–Kier alpha value is -2.38. The van der Waals surface area contributed by atoms with Crippen LogP contribution in [0.5, 0.6) is 5.75 Å². The summed E-state index contributed by atoms with van der Waals surface area (Å²) in [6, 6.07) is 9.70. The second-order valence-electron chi connectivity index (χ2n) is 5.76. The van der Waals surface area contributed by atoms with Crippen molar-refractivity contribution in [2.24, 2.45) is 5.73 Å². The summed E-state index contributed by atoms with van der Waals surface area (Å²) in [4.78, 5) is 27.4. The molecule has 4 rings (SSSR count). The van der Waals surface area contributed by atoms with Gasteiger partial charge in [-0.15, -0.1) is 11.3 Å². The number of rotatable bonds is 2. The molecule has 2 amide bonds. The Morgan fingerprint density at radius 1 is 1.29 bits per heavy atom. The van der Waals surface area contributed by atoms with Crippen LogP contribution < -0.4 is 10.5 Å². The first-order valence-electron chi connectivity index (χ1n) is 7.68. The van der Waals surface area contributed by atoms with Crippen molar-refractivity contribution < 1.29 is 19.1 Å². The monoisotopic (exact) mass is 344 g/mol. The number of carbonyl (C=O) groups excluding carboxylic acids is 2. The minimum atomic E-state index is -0.735. The Bertz CT molecular complexity index is 817. The van der Waals surface area contributed by atoms with Gasteiger partial charge in [-0.25, -0.2) is 0 Å². The molecule has 0 bridgehead atoms. The highest BCUT2D eigenvalue weighted by atomic mass is 32.1. The van der Waals surface area contributed by atoms with Gasteiger partial charge in [0.1, 0.15) is 12.4 Å². The average molecular weight is 344 g/mol. The molecule has 1 atom stereocenters. The Labute approximate surface area is 142 Å². The normalized spacial score (nSPS) is 19.2. The van der Waals surface area contributed by atoms with Crippen LogP contribution in [0, 0.1) is 0 Å². The van der Waals surface area contributed by atoms with Crippen molar-refractivity contribution in [1.82, 2.24) is 4.90 Å². The number of nitrogens with two attached hydrogens (primary N) is 1. The maximum Gasteiger partial charge on any atom is 0.264 e. The lowest BCUT2D eigenvalue weighted by atomic mass is 10.1. The molecule has 0 spiro atoms. The molecule has 6 nitrogen and oxygen atoms in total. The lowest BCUT2D eigenvalue weighted by Crippen LogP contribution is -2.50. The van der Waals surface area contributed by atoms with E-state index >= 15 is 0 Å². The number of benzene rings is 1. The van der Waals surface area contributed by atoms with E-state index in [0.717, 1.165) is 21.8 Å². The molecule has 2 N–H and O–H groups in total. The second kappa shape index (κ2) is 5.92. The molecule has 2 aliphatic heterocycles. The third-order valence-corrected chi connectivity index (χ3v) is 5.40. The van der Waals surface area contributed by atoms with E-state index in [-0.39, 0.29) is 12.5 Å². The topological polar surface area (TPSA) is 81.9 Å². The van der Waals surface area contributed by atoms with E-state index in [4.69, 9.17) is 15.2 Å². The highest BCUT2D eigenvalue weighted by molar-refractivity contribution is 7.17. The van der Waals surface area contributed by atoms with Crippen molar-refractivity contribution in [2.45, 2.75) is 12.7 Å². The molecule has 1 fully saturated rings. The molecule has 24 heavy (non-hydrogen) atoms. The van der Waals surface area contributed by atoms with Crippen molar-refractivity contribution in [3.05, 3.63) is 40.8 Å². The summed E-state index contributed by atoms with van der Waals surface area (Å²) in [5, 5.41) is 0. The van der Waals surface area contributed by atoms with E-state index in [0.29, 0.717) is 24.6 Å². The number of hydrogen-bond donors (Lipinski definition) is 1. The summed E-state index contributed by atoms with van der Waals surface area (Å²) < 4.78 is 11.0. The number of amides is 2. The van der Waals surface area contributed by atoms with Gasteiger partial charge < -0.3 is 20.1 Å². The van der Waals surface area contributed by atoms with Crippen molar-refractivity contribution >= 4 is 23.2 Å². The zero-order valence-corrected chi connectivity index (χ0v) is 13.7. The molecule has 0 radical (unpaired) electrons. The number of fused-ring (bicyclic) bond motifs is 3. The van der Waals surface area contributed by atoms with Crippen molar-refractivity contribution in [1.29, 1.82) is 0 Å². The molecule has 0 aliphatic carbocycles. The van der Waals surface area contributed by atoms with Crippen molar-refractivity contribution in [3.63, 3.8) is 0 Å². The van der Waals surface area contributed by atoms with E-state index in [2.05, 4.69) is 0 Å². The molecule has 0 saturated carbocycles. The number of thiophene rings is 1. The first-order chi connectivity index (χ1) is 11.6. The zero-order valence-electron chi connectivity index (χ0n) is 12.9. The van der Waals surface area contributed by atoms with Gasteiger partial charge in [0.2, 0.25) is 5.91 Å². The lowest BCUT2D eigenvalue weighted by Gasteiger charge is -2.31. The minimum absolute atomic E-state index is 0.0959. The number of morpholine rings is 1. The third kappa shape index (κ3) is 2.55. The number of carbonyl (C=O) groups is 2. The molecule has 2 aromatic rings. The first kappa shape index (κ1) is 15.2. The summed E-state index contributed by atoms with van der Waals surface area (Å²) in [5.74, 6) is 0.202. The van der Waals surface area contributed by atoms with Crippen LogP contribution in [0.15, 0.2) is 30.3 Å². The van der Waals surface area contributed by atoms with E-state index in [1.165, 1.54) is 11.3 Å². The summed E-state index contributed by atoms with van der Waals surface area (Å²) >= 11 is 1.46. The van der Waals surface area contributed by atoms with Crippen LogP contribution in [-0.2, 0) is 16.1 Å². The Kier molecular flexibility index (Phi) is 3.74. The van der Waals surface area contributed by atoms with Gasteiger partial charge in [-0.1, -0.05) is 12.1 Å². The maximum atomic E-state index is 12.8. The van der Waals surface area contributed by atoms with Gasteiger partial charge in [-0.2, -0.15) is 0 Å². The standard InChI is InChI=1S/C17H16N2O4S/c18-16(20)13-8-19(5-6-22-13)17(21)14-7-10-9-23-12-4-2-1-3-11(12)15(10)24-14/h1-4,7,13H,5-6,8-9H2,(H2,18,20)/t13-/m0/s1. The molecule has 1 aromatic heterocycles. The van der Waals surface area contributed by atoms with Gasteiger partial charge in [-0.3, -0.25) is 9.59 Å². The summed E-state index contributed by atoms with van der Waals surface area (Å²) in [5.41, 5.74) is 7.31. The molecular formula is C17H16N2O4S. The van der Waals surface area contributed by atoms with Crippen molar-refractivity contribution in [3.8, 4) is 16.2 Å². The molecular weight excluding hydrogens is 328 g/mol. The predicted molar refractivity (Wildman–Crippen MR) is 88.9 cm³/mol. The number of nitrogens with zero attached hydrogens (tertiary/aromatic N) is 1. The minimum Gasteiger partial charge on any atom is -0.488 e. The molecule has 7 heteroatoms. The lowest BCUT2D eigenvalue weighted by molar-refractivity contribution is -0.133. The van der Waals surface area contributed by atoms with Crippen molar-refractivity contribution in [2.75, 3.05) is 19.7 Å². The zero-order chi connectivity index (χ0) is 16.7. The quantitative estimate of drug-likeness (QED) is 0.898. The summed E-state index contributed by atoms with van der Waals surface area (Å²) in [7, 11) is 0. The molecule has 3 heterocycles. The van der Waals surface area contributed by atoms with E-state index in [9.17, 15) is 9.59 Å². The Balaban J connectivity index is 1.61. The van der Waals surface area contributed by atoms with Gasteiger partial charge in [0, 0.05) is 22.5 Å². The van der Waals surface area contributed by atoms with Crippen LogP contribution >= 0.6 is 11.3 Å². The van der Waals surface area contributed by atoms with Gasteiger partial charge in [0.15, 0.2) is 6.10 Å². The number of primary amides is 1. The van der Waals surface area contributed by atoms with Gasteiger partial charge >= 0.3 is 0 Å². The fourth-order valence-corrected chi connectivity index (χ4v) is 4.13. The van der Waals surface area contributed by atoms with Crippen LogP contribution in [0.25, 0.3) is 10.4 Å². The van der Waals surface area contributed by atoms with E-state index in [1.807, 2.05) is 30.3 Å². The van der Waals surface area contributed by atoms with Crippen LogP contribution in [-0.4, -0.2) is 42.5 Å². The van der Waals surface area contributed by atoms with E-state index in [1.54, 1.807) is 4.90 Å². The fraction of sp³-hybridized carbons (Fsp3) is 0.294. The van der Waals surface area contributed by atoms with Crippen LogP contribution in [0.2, 0.25) is 0 Å². The molecule has 1 aromatic carbocycles. The number of para-hydroxylation sites is 1. The molecule has 0 unspecified atom stereocenters. The van der Waals surface area contributed by atoms with Gasteiger partial charge in [0.05, 0.1) is 18.0 Å². The average Bonchev–Trinajstić information content (AvgIpc) is 3.06. The number of ether oxygens (including phenoxy) is 2. The van der Waals surface area contributed by atoms with Gasteiger partial charge in [0.25, 0.3) is 5.91 Å². The Morgan fingerprint density at radius 3 is 2.96 bits per heavy atom. The number of hydrogen-bond acceptors (Lipinski definition) is 5. The third-order valence-electron chi connectivity index (χ3n) is 4.21. The van der Waals surface area contributed by atoms with Crippen LogP contribution in [0.1, 0.15) is 15.2 Å². The maximum absolute atomic E-state index is 12.8. The summed E-state index contributed by atoms with van der Waals surface area (Å²) in [6.07, 6.45) is -0.735. The highest BCUT2D eigenvalue weighted by Crippen LogP contribution is 2.42. The summed E-state index contributed by atoms with van der Waals surface area (Å²) in [6.45, 7) is 1.43. The SMILES string of the molecule is NC(=O)[C@@H]1CN(C(=O)c2cc3c(s2)-c2ccccc2OC3)CCO1. The fourth-order valence-electron chi connectivity index (χ4n) is 2.97. The molecule has 1 saturated heterocycles. The molecule has 2 aliphatic rings. The second-order valence-corrected chi connectivity index (χ2v) is 6.82. The van der Waals surface area contributed by atoms with Gasteiger partial charge in [-0.05, 0) is 18.2 Å². The predicted octanol–water partition coefficient (Wildman–Crippen LogP) is 1.63. The largest absolute Gasteiger partial charge is 0.488 e. The first-order valence-corrected chi connectivity index (χ1v) is 8.50. The molecule has 124 valence electrons. The van der Waals surface area contributed by atoms with Crippen LogP contribution in [0.4, 0.5) is 0 Å². The smallest absolute Gasteiger partial charge is 0.264 e.